The molecule has 0 spiro atoms. The predicted molar refractivity (Wildman–Crippen MR) is 58.2 cm³/mol. The van der Waals surface area contributed by atoms with Crippen LogP contribution in [0.15, 0.2) is 5.16 Å². The first kappa shape index (κ1) is 11.4. The molecule has 1 aromatic rings. The van der Waals surface area contributed by atoms with Crippen LogP contribution in [-0.2, 0) is 4.79 Å². The van der Waals surface area contributed by atoms with Gasteiger partial charge in [-0.15, -0.1) is 5.10 Å². The van der Waals surface area contributed by atoms with Gasteiger partial charge in [-0.05, 0) is 36.1 Å². The van der Waals surface area contributed by atoms with Gasteiger partial charge in [-0.3, -0.25) is 4.79 Å². The summed E-state index contributed by atoms with van der Waals surface area (Å²) < 4.78 is 1.75. The van der Waals surface area contributed by atoms with Crippen molar-refractivity contribution in [3.63, 3.8) is 0 Å². The molecule has 88 valence electrons. The average molecular weight is 242 g/mol. The number of tetrazole rings is 1. The van der Waals surface area contributed by atoms with Crippen molar-refractivity contribution in [3.05, 3.63) is 0 Å². The molecular formula is C9H14N4O2S. The lowest BCUT2D eigenvalue weighted by molar-refractivity contribution is -0.133. The van der Waals surface area contributed by atoms with Crippen molar-refractivity contribution in [2.75, 3.05) is 5.75 Å². The summed E-state index contributed by atoms with van der Waals surface area (Å²) in [4.78, 5) is 10.5. The topological polar surface area (TPSA) is 80.9 Å². The highest BCUT2D eigenvalue weighted by molar-refractivity contribution is 7.99. The second kappa shape index (κ2) is 4.82. The minimum atomic E-state index is -0.851. The maximum atomic E-state index is 10.5. The molecule has 1 N–H and O–H groups in total. The summed E-state index contributed by atoms with van der Waals surface area (Å²) in [5, 5.41) is 20.6. The van der Waals surface area contributed by atoms with Gasteiger partial charge in [-0.25, -0.2) is 4.68 Å². The third-order valence-corrected chi connectivity index (χ3v) is 3.92. The van der Waals surface area contributed by atoms with E-state index in [1.807, 2.05) is 0 Å². The highest BCUT2D eigenvalue weighted by atomic mass is 32.2. The summed E-state index contributed by atoms with van der Waals surface area (Å²) in [6, 6.07) is 0.264. The van der Waals surface area contributed by atoms with E-state index in [0.29, 0.717) is 11.1 Å². The van der Waals surface area contributed by atoms with E-state index < -0.39 is 5.97 Å². The molecule has 0 aromatic carbocycles. The largest absolute Gasteiger partial charge is 0.481 e. The summed E-state index contributed by atoms with van der Waals surface area (Å²) in [5.74, 6) is -0.221. The van der Waals surface area contributed by atoms with Gasteiger partial charge in [-0.2, -0.15) is 0 Å². The molecule has 1 atom stereocenters. The average Bonchev–Trinajstić information content (AvgIpc) is 2.59. The Morgan fingerprint density at radius 1 is 1.69 bits per heavy atom. The molecule has 1 heterocycles. The number of hydrogen-bond acceptors (Lipinski definition) is 5. The molecule has 16 heavy (non-hydrogen) atoms. The maximum Gasteiger partial charge on any atom is 0.313 e. The van der Waals surface area contributed by atoms with E-state index in [9.17, 15) is 4.79 Å². The zero-order valence-electron chi connectivity index (χ0n) is 9.04. The molecule has 1 aliphatic carbocycles. The molecule has 0 aliphatic heterocycles. The Morgan fingerprint density at radius 2 is 2.44 bits per heavy atom. The van der Waals surface area contributed by atoms with Gasteiger partial charge in [0, 0.05) is 0 Å². The van der Waals surface area contributed by atoms with Gasteiger partial charge in [-0.1, -0.05) is 18.2 Å². The minimum absolute atomic E-state index is 0.00222. The second-order valence-electron chi connectivity index (χ2n) is 4.02. The van der Waals surface area contributed by atoms with E-state index in [4.69, 9.17) is 5.11 Å². The van der Waals surface area contributed by atoms with Crippen molar-refractivity contribution < 1.29 is 9.90 Å². The highest BCUT2D eigenvalue weighted by Gasteiger charge is 2.27. The molecule has 2 rings (SSSR count). The van der Waals surface area contributed by atoms with Gasteiger partial charge in [0.15, 0.2) is 0 Å². The maximum absolute atomic E-state index is 10.5. The third kappa shape index (κ3) is 2.34. The van der Waals surface area contributed by atoms with Crippen molar-refractivity contribution >= 4 is 17.7 Å². The quantitative estimate of drug-likeness (QED) is 0.782. The number of rotatable bonds is 5. The smallest absolute Gasteiger partial charge is 0.313 e. The summed E-state index contributed by atoms with van der Waals surface area (Å²) in [6.07, 6.45) is 3.70. The highest BCUT2D eigenvalue weighted by Crippen LogP contribution is 2.36. The van der Waals surface area contributed by atoms with Crippen LogP contribution in [0.25, 0.3) is 0 Å². The fourth-order valence-corrected chi connectivity index (χ4v) is 2.47. The van der Waals surface area contributed by atoms with Crippen molar-refractivity contribution in [2.45, 2.75) is 37.4 Å². The normalized spacial score (nSPS) is 18.1. The van der Waals surface area contributed by atoms with Crippen molar-refractivity contribution in [2.24, 2.45) is 5.92 Å². The van der Waals surface area contributed by atoms with E-state index in [0.717, 1.165) is 0 Å². The van der Waals surface area contributed by atoms with Gasteiger partial charge < -0.3 is 5.11 Å². The molecule has 0 radical (unpaired) electrons. The van der Waals surface area contributed by atoms with Crippen molar-refractivity contribution in [1.29, 1.82) is 0 Å². The lowest BCUT2D eigenvalue weighted by Gasteiger charge is -2.31. The number of thioether (sulfide) groups is 1. The summed E-state index contributed by atoms with van der Waals surface area (Å²) in [7, 11) is 0. The molecule has 7 heteroatoms. The summed E-state index contributed by atoms with van der Waals surface area (Å²) in [6.45, 7) is 2.09. The molecule has 1 aliphatic rings. The van der Waals surface area contributed by atoms with Crippen LogP contribution in [0.5, 0.6) is 0 Å². The monoisotopic (exact) mass is 242 g/mol. The fraction of sp³-hybridized carbons (Fsp3) is 0.778. The molecule has 1 unspecified atom stereocenters. The van der Waals surface area contributed by atoms with Crippen LogP contribution in [-0.4, -0.2) is 37.0 Å². The molecular weight excluding hydrogens is 228 g/mol. The van der Waals surface area contributed by atoms with Crippen LogP contribution in [0.4, 0.5) is 0 Å². The van der Waals surface area contributed by atoms with Crippen LogP contribution in [0.1, 0.15) is 32.2 Å². The van der Waals surface area contributed by atoms with Gasteiger partial charge in [0.2, 0.25) is 5.16 Å². The fourth-order valence-electron chi connectivity index (χ4n) is 1.78. The number of aliphatic carboxylic acids is 1. The molecule has 1 aromatic heterocycles. The van der Waals surface area contributed by atoms with E-state index in [1.54, 1.807) is 4.68 Å². The molecule has 1 fully saturated rings. The Balaban J connectivity index is 2.02. The van der Waals surface area contributed by atoms with Crippen LogP contribution in [0.3, 0.4) is 0 Å². The Kier molecular flexibility index (Phi) is 3.42. The minimum Gasteiger partial charge on any atom is -0.481 e. The summed E-state index contributed by atoms with van der Waals surface area (Å²) in [5.41, 5.74) is 0. The number of carboxylic acids is 1. The van der Waals surface area contributed by atoms with Crippen LogP contribution in [0, 0.1) is 5.92 Å². The second-order valence-corrected chi connectivity index (χ2v) is 4.96. The van der Waals surface area contributed by atoms with E-state index in [2.05, 4.69) is 22.4 Å². The Morgan fingerprint density at radius 3 is 3.00 bits per heavy atom. The first-order valence-electron chi connectivity index (χ1n) is 5.31. The number of carboxylic acid groups (broad SMARTS) is 1. The number of aromatic nitrogens is 4. The van der Waals surface area contributed by atoms with Crippen LogP contribution in [0.2, 0.25) is 0 Å². The third-order valence-electron chi connectivity index (χ3n) is 3.01. The number of nitrogens with zero attached hydrogens (tertiary/aromatic N) is 4. The number of carbonyl (C=O) groups is 1. The Hall–Kier alpha value is -1.11. The van der Waals surface area contributed by atoms with Crippen molar-refractivity contribution in [1.82, 2.24) is 20.2 Å². The van der Waals surface area contributed by atoms with E-state index >= 15 is 0 Å². The zero-order chi connectivity index (χ0) is 11.5. The zero-order valence-corrected chi connectivity index (χ0v) is 9.85. The van der Waals surface area contributed by atoms with E-state index in [1.165, 1.54) is 31.0 Å². The SMILES string of the molecule is CC(C1CCC1)n1nnnc1SCC(=O)O. The van der Waals surface area contributed by atoms with Gasteiger partial charge in [0.1, 0.15) is 0 Å². The van der Waals surface area contributed by atoms with Gasteiger partial charge >= 0.3 is 5.97 Å². The van der Waals surface area contributed by atoms with Crippen molar-refractivity contribution in [3.8, 4) is 0 Å². The lowest BCUT2D eigenvalue weighted by Crippen LogP contribution is -2.24. The molecule has 6 nitrogen and oxygen atoms in total. The van der Waals surface area contributed by atoms with Gasteiger partial charge in [0.25, 0.3) is 0 Å². The Bertz CT molecular complexity index is 377. The first-order valence-corrected chi connectivity index (χ1v) is 6.29. The number of hydrogen-bond donors (Lipinski definition) is 1. The Labute approximate surface area is 97.4 Å². The molecule has 0 amide bonds. The lowest BCUT2D eigenvalue weighted by atomic mass is 9.80. The van der Waals surface area contributed by atoms with E-state index in [-0.39, 0.29) is 11.8 Å². The molecule has 0 saturated heterocycles. The molecule has 0 bridgehead atoms. The standard InChI is InChI=1S/C9H14N4O2S/c1-6(7-3-2-4-7)13-9(10-11-12-13)16-5-8(14)15/h6-7H,2-5H2,1H3,(H,14,15). The molecule has 1 saturated carbocycles. The predicted octanol–water partition coefficient (Wildman–Crippen LogP) is 1.21. The first-order chi connectivity index (χ1) is 7.68. The van der Waals surface area contributed by atoms with Gasteiger partial charge in [0.05, 0.1) is 11.8 Å². The van der Waals surface area contributed by atoms with Crippen LogP contribution >= 0.6 is 11.8 Å². The van der Waals surface area contributed by atoms with Crippen LogP contribution < -0.4 is 0 Å². The summed E-state index contributed by atoms with van der Waals surface area (Å²) >= 11 is 1.17.